The molecule has 0 aliphatic carbocycles. The summed E-state index contributed by atoms with van der Waals surface area (Å²) in [7, 11) is 0. The van der Waals surface area contributed by atoms with Gasteiger partial charge in [0.15, 0.2) is 0 Å². The molecule has 1 amide bonds. The maximum Gasteiger partial charge on any atom is 0.303 e. The molecule has 4 nitrogen and oxygen atoms in total. The van der Waals surface area contributed by atoms with Crippen LogP contribution in [0.25, 0.3) is 6.08 Å². The van der Waals surface area contributed by atoms with E-state index in [-0.39, 0.29) is 29.9 Å². The Bertz CT molecular complexity index is 676. The van der Waals surface area contributed by atoms with Gasteiger partial charge in [0, 0.05) is 24.6 Å². The minimum absolute atomic E-state index is 0.0668. The second-order valence-corrected chi connectivity index (χ2v) is 6.17. The molecule has 0 spiro atoms. The number of thiocarbonyl (C=S) groups is 1. The zero-order valence-corrected chi connectivity index (χ0v) is 12.8. The molecule has 0 atom stereocenters. The topological polar surface area (TPSA) is 57.6 Å². The van der Waals surface area contributed by atoms with Crippen molar-refractivity contribution in [3.63, 3.8) is 0 Å². The smallest absolute Gasteiger partial charge is 0.303 e. The van der Waals surface area contributed by atoms with E-state index >= 15 is 0 Å². The molecule has 0 radical (unpaired) electrons. The number of halogens is 2. The normalized spacial score (nSPS) is 16.6. The van der Waals surface area contributed by atoms with E-state index in [0.29, 0.717) is 4.32 Å². The van der Waals surface area contributed by atoms with Crippen LogP contribution in [0.2, 0.25) is 0 Å². The van der Waals surface area contributed by atoms with Crippen LogP contribution in [-0.4, -0.2) is 32.7 Å². The number of hydrogen-bond donors (Lipinski definition) is 1. The Morgan fingerprint density at radius 2 is 2.14 bits per heavy atom. The highest BCUT2D eigenvalue weighted by molar-refractivity contribution is 8.26. The third kappa shape index (κ3) is 3.89. The van der Waals surface area contributed by atoms with E-state index in [9.17, 15) is 18.4 Å². The standard InChI is InChI=1S/C14H11F2NO3S2/c15-9-4-3-8(10(16)7-9)6-11-13(20)17(14(21)22-11)5-1-2-12(18)19/h3-4,6-7H,1-2,5H2,(H,18,19)/b11-6+. The summed E-state index contributed by atoms with van der Waals surface area (Å²) in [5, 5.41) is 8.59. The number of thioether (sulfide) groups is 1. The van der Waals surface area contributed by atoms with Crippen LogP contribution in [0.5, 0.6) is 0 Å². The number of carbonyl (C=O) groups is 2. The number of hydrogen-bond acceptors (Lipinski definition) is 4. The highest BCUT2D eigenvalue weighted by Crippen LogP contribution is 2.33. The van der Waals surface area contributed by atoms with Gasteiger partial charge in [-0.3, -0.25) is 14.5 Å². The van der Waals surface area contributed by atoms with Crippen LogP contribution in [0.3, 0.4) is 0 Å². The lowest BCUT2D eigenvalue weighted by atomic mass is 10.2. The lowest BCUT2D eigenvalue weighted by molar-refractivity contribution is -0.137. The fourth-order valence-corrected chi connectivity index (χ4v) is 3.14. The van der Waals surface area contributed by atoms with Crippen LogP contribution in [0.15, 0.2) is 23.1 Å². The van der Waals surface area contributed by atoms with Crippen LogP contribution >= 0.6 is 24.0 Å². The first-order valence-electron chi connectivity index (χ1n) is 6.30. The minimum atomic E-state index is -0.950. The van der Waals surface area contributed by atoms with Crippen molar-refractivity contribution in [1.82, 2.24) is 4.90 Å². The summed E-state index contributed by atoms with van der Waals surface area (Å²) >= 11 is 6.08. The van der Waals surface area contributed by atoms with Gasteiger partial charge in [0.2, 0.25) is 0 Å². The number of carboxylic acid groups (broad SMARTS) is 1. The van der Waals surface area contributed by atoms with Crippen LogP contribution < -0.4 is 0 Å². The number of carboxylic acids is 1. The van der Waals surface area contributed by atoms with E-state index in [1.807, 2.05) is 0 Å². The molecule has 0 bridgehead atoms. The molecule has 22 heavy (non-hydrogen) atoms. The van der Waals surface area contributed by atoms with Crippen molar-refractivity contribution in [3.8, 4) is 0 Å². The average molecular weight is 343 g/mol. The zero-order chi connectivity index (χ0) is 16.3. The third-order valence-corrected chi connectivity index (χ3v) is 4.27. The van der Waals surface area contributed by atoms with Gasteiger partial charge in [-0.2, -0.15) is 0 Å². The van der Waals surface area contributed by atoms with E-state index in [4.69, 9.17) is 17.3 Å². The lowest BCUT2D eigenvalue weighted by Crippen LogP contribution is -2.29. The SMILES string of the molecule is O=C(O)CCCN1C(=O)/C(=C\c2ccc(F)cc2F)SC1=S. The highest BCUT2D eigenvalue weighted by atomic mass is 32.2. The Kier molecular flexibility index (Phi) is 5.25. The van der Waals surface area contributed by atoms with Gasteiger partial charge in [0.05, 0.1) is 4.91 Å². The Hall–Kier alpha value is -1.80. The fourth-order valence-electron chi connectivity index (χ4n) is 1.84. The zero-order valence-electron chi connectivity index (χ0n) is 11.2. The molecule has 1 aromatic carbocycles. The molecule has 1 saturated heterocycles. The second-order valence-electron chi connectivity index (χ2n) is 4.50. The number of amides is 1. The first-order valence-corrected chi connectivity index (χ1v) is 7.53. The molecule has 1 aliphatic rings. The minimum Gasteiger partial charge on any atom is -0.481 e. The number of aliphatic carboxylic acids is 1. The molecule has 1 heterocycles. The summed E-state index contributed by atoms with van der Waals surface area (Å²) < 4.78 is 26.8. The summed E-state index contributed by atoms with van der Waals surface area (Å²) in [4.78, 5) is 24.2. The number of rotatable bonds is 5. The van der Waals surface area contributed by atoms with Crippen LogP contribution in [0, 0.1) is 11.6 Å². The first kappa shape index (κ1) is 16.6. The van der Waals surface area contributed by atoms with Crippen molar-refractivity contribution >= 4 is 46.3 Å². The summed E-state index contributed by atoms with van der Waals surface area (Å²) in [5.74, 6) is -2.81. The number of carbonyl (C=O) groups excluding carboxylic acids is 1. The summed E-state index contributed by atoms with van der Waals surface area (Å²) in [6.45, 7) is 0.195. The second kappa shape index (κ2) is 6.97. The predicted octanol–water partition coefficient (Wildman–Crippen LogP) is 3.03. The molecule has 8 heteroatoms. The maximum atomic E-state index is 13.6. The van der Waals surface area contributed by atoms with Crippen molar-refractivity contribution < 1.29 is 23.5 Å². The van der Waals surface area contributed by atoms with Gasteiger partial charge in [-0.25, -0.2) is 8.78 Å². The summed E-state index contributed by atoms with van der Waals surface area (Å²) in [6, 6.07) is 3.07. The maximum absolute atomic E-state index is 13.6. The molecule has 0 unspecified atom stereocenters. The van der Waals surface area contributed by atoms with Gasteiger partial charge in [0.25, 0.3) is 5.91 Å². The highest BCUT2D eigenvalue weighted by Gasteiger charge is 2.31. The number of benzene rings is 1. The molecule has 0 aromatic heterocycles. The first-order chi connectivity index (χ1) is 10.4. The van der Waals surface area contributed by atoms with Gasteiger partial charge >= 0.3 is 5.97 Å². The summed E-state index contributed by atoms with van der Waals surface area (Å²) in [5.41, 5.74) is 0.0902. The van der Waals surface area contributed by atoms with Gasteiger partial charge in [-0.05, 0) is 24.6 Å². The van der Waals surface area contributed by atoms with Crippen molar-refractivity contribution in [2.24, 2.45) is 0 Å². The molecule has 2 rings (SSSR count). The Labute approximate surface area is 134 Å². The van der Waals surface area contributed by atoms with Gasteiger partial charge in [-0.1, -0.05) is 24.0 Å². The summed E-state index contributed by atoms with van der Waals surface area (Å²) in [6.07, 6.45) is 1.52. The van der Waals surface area contributed by atoms with E-state index < -0.39 is 23.5 Å². The third-order valence-electron chi connectivity index (χ3n) is 2.90. The van der Waals surface area contributed by atoms with Crippen molar-refractivity contribution in [2.75, 3.05) is 6.54 Å². The van der Waals surface area contributed by atoms with E-state index in [0.717, 1.165) is 23.9 Å². The molecule has 1 aliphatic heterocycles. The quantitative estimate of drug-likeness (QED) is 0.658. The molecular formula is C14H11F2NO3S2. The Morgan fingerprint density at radius 3 is 2.77 bits per heavy atom. The lowest BCUT2D eigenvalue weighted by Gasteiger charge is -2.13. The van der Waals surface area contributed by atoms with Gasteiger partial charge < -0.3 is 5.11 Å². The molecule has 0 saturated carbocycles. The fraction of sp³-hybridized carbons (Fsp3) is 0.214. The van der Waals surface area contributed by atoms with E-state index in [1.54, 1.807) is 0 Å². The van der Waals surface area contributed by atoms with Gasteiger partial charge in [-0.15, -0.1) is 0 Å². The Balaban J connectivity index is 2.13. The average Bonchev–Trinajstić information content (AvgIpc) is 2.69. The van der Waals surface area contributed by atoms with E-state index in [2.05, 4.69) is 0 Å². The molecule has 1 aromatic rings. The molecule has 1 fully saturated rings. The monoisotopic (exact) mass is 343 g/mol. The van der Waals surface area contributed by atoms with Gasteiger partial charge in [0.1, 0.15) is 16.0 Å². The van der Waals surface area contributed by atoms with Crippen molar-refractivity contribution in [3.05, 3.63) is 40.3 Å². The predicted molar refractivity (Wildman–Crippen MR) is 83.1 cm³/mol. The largest absolute Gasteiger partial charge is 0.481 e. The van der Waals surface area contributed by atoms with E-state index in [1.165, 1.54) is 17.0 Å². The van der Waals surface area contributed by atoms with Crippen molar-refractivity contribution in [2.45, 2.75) is 12.8 Å². The van der Waals surface area contributed by atoms with Crippen LogP contribution in [0.1, 0.15) is 18.4 Å². The number of nitrogens with zero attached hydrogens (tertiary/aromatic N) is 1. The molecule has 116 valence electrons. The van der Waals surface area contributed by atoms with Crippen LogP contribution in [-0.2, 0) is 9.59 Å². The van der Waals surface area contributed by atoms with Crippen molar-refractivity contribution in [1.29, 1.82) is 0 Å². The molecule has 1 N–H and O–H groups in total. The van der Waals surface area contributed by atoms with Crippen LogP contribution in [0.4, 0.5) is 8.78 Å². The molecular weight excluding hydrogens is 332 g/mol. The Morgan fingerprint density at radius 1 is 1.41 bits per heavy atom.